The third kappa shape index (κ3) is 3.07. The quantitative estimate of drug-likeness (QED) is 0.576. The second-order valence-corrected chi connectivity index (χ2v) is 10.6. The Labute approximate surface area is 173 Å². The highest BCUT2D eigenvalue weighted by atomic mass is 16.5. The van der Waals surface area contributed by atoms with Crippen LogP contribution in [-0.2, 0) is 19.1 Å². The van der Waals surface area contributed by atoms with Crippen molar-refractivity contribution < 1.29 is 19.1 Å². The third-order valence-electron chi connectivity index (χ3n) is 9.25. The van der Waals surface area contributed by atoms with Gasteiger partial charge in [-0.2, -0.15) is 0 Å². The minimum Gasteiger partial charge on any atom is -0.462 e. The molecule has 5 heteroatoms. The van der Waals surface area contributed by atoms with Gasteiger partial charge >= 0.3 is 5.97 Å². The Morgan fingerprint density at radius 3 is 2.45 bits per heavy atom. The lowest BCUT2D eigenvalue weighted by atomic mass is 9.47. The highest BCUT2D eigenvalue weighted by Gasteiger charge is 2.63. The molecule has 0 aliphatic heterocycles. The maximum absolute atomic E-state index is 12.5. The molecule has 1 amide bonds. The van der Waals surface area contributed by atoms with Gasteiger partial charge in [0.2, 0.25) is 5.91 Å². The molecule has 0 spiro atoms. The Morgan fingerprint density at radius 1 is 1.10 bits per heavy atom. The van der Waals surface area contributed by atoms with E-state index in [1.807, 2.05) is 0 Å². The largest absolute Gasteiger partial charge is 0.462 e. The zero-order valence-electron chi connectivity index (χ0n) is 18.2. The minimum absolute atomic E-state index is 0.00467. The summed E-state index contributed by atoms with van der Waals surface area (Å²) in [5.74, 6) is 0.503. The number of primary amides is 1. The zero-order chi connectivity index (χ0) is 21.1. The van der Waals surface area contributed by atoms with Gasteiger partial charge in [0.05, 0.1) is 0 Å². The fourth-order valence-corrected chi connectivity index (χ4v) is 8.04. The molecule has 4 aliphatic carbocycles. The average Bonchev–Trinajstić information content (AvgIpc) is 2.95. The molecule has 0 radical (unpaired) electrons. The summed E-state index contributed by atoms with van der Waals surface area (Å²) >= 11 is 0. The molecule has 8 atom stereocenters. The number of hydrogen-bond donors (Lipinski definition) is 1. The summed E-state index contributed by atoms with van der Waals surface area (Å²) in [4.78, 5) is 36.1. The first-order valence-electron chi connectivity index (χ1n) is 11.2. The van der Waals surface area contributed by atoms with Crippen molar-refractivity contribution in [3.05, 3.63) is 11.6 Å². The number of esters is 1. The van der Waals surface area contributed by atoms with Gasteiger partial charge in [0.15, 0.2) is 0 Å². The van der Waals surface area contributed by atoms with Crippen molar-refractivity contribution in [2.24, 2.45) is 46.2 Å². The van der Waals surface area contributed by atoms with Crippen molar-refractivity contribution in [2.45, 2.75) is 78.7 Å². The Kier molecular flexibility index (Phi) is 4.94. The van der Waals surface area contributed by atoms with Crippen LogP contribution in [0.4, 0.5) is 0 Å². The molecule has 0 aromatic rings. The number of fused-ring (bicyclic) bond motifs is 5. The summed E-state index contributed by atoms with van der Waals surface area (Å²) in [6, 6.07) is 0. The molecule has 0 heterocycles. The number of ketones is 1. The van der Waals surface area contributed by atoms with Crippen LogP contribution in [-0.4, -0.2) is 23.8 Å². The number of amides is 1. The van der Waals surface area contributed by atoms with Gasteiger partial charge in [-0.1, -0.05) is 25.5 Å². The summed E-state index contributed by atoms with van der Waals surface area (Å²) in [6.07, 6.45) is 9.04. The molecule has 3 saturated carbocycles. The molecule has 8 unspecified atom stereocenters. The lowest BCUT2D eigenvalue weighted by Crippen LogP contribution is -2.51. The van der Waals surface area contributed by atoms with E-state index >= 15 is 0 Å². The van der Waals surface area contributed by atoms with Crippen LogP contribution < -0.4 is 5.73 Å². The first-order valence-corrected chi connectivity index (χ1v) is 11.2. The van der Waals surface area contributed by atoms with Crippen molar-refractivity contribution in [1.82, 2.24) is 0 Å². The van der Waals surface area contributed by atoms with Gasteiger partial charge in [-0.3, -0.25) is 14.4 Å². The molecule has 3 fully saturated rings. The van der Waals surface area contributed by atoms with Gasteiger partial charge in [0.1, 0.15) is 11.9 Å². The predicted molar refractivity (Wildman–Crippen MR) is 109 cm³/mol. The standard InChI is InChI=1S/C24H35NO4/c1-13(26)21-18(22(25)28)12-20-17-6-5-15-11-16(29-14(2)27)7-9-23(15,3)19(17)8-10-24(20,21)4/h5,16-21H,6-12H2,1-4H3,(H2,25,28). The van der Waals surface area contributed by atoms with Gasteiger partial charge in [0, 0.05) is 25.2 Å². The summed E-state index contributed by atoms with van der Waals surface area (Å²) in [5, 5.41) is 0. The molecular weight excluding hydrogens is 366 g/mol. The van der Waals surface area contributed by atoms with Crippen LogP contribution in [0.5, 0.6) is 0 Å². The molecule has 5 nitrogen and oxygen atoms in total. The summed E-state index contributed by atoms with van der Waals surface area (Å²) in [5.41, 5.74) is 7.22. The topological polar surface area (TPSA) is 86.5 Å². The number of rotatable bonds is 3. The van der Waals surface area contributed by atoms with Gasteiger partial charge in [-0.25, -0.2) is 0 Å². The van der Waals surface area contributed by atoms with Crippen molar-refractivity contribution in [3.63, 3.8) is 0 Å². The Hall–Kier alpha value is -1.65. The maximum Gasteiger partial charge on any atom is 0.302 e. The molecular formula is C24H35NO4. The number of carbonyl (C=O) groups excluding carboxylic acids is 3. The molecule has 4 aliphatic rings. The second kappa shape index (κ2) is 6.95. The van der Waals surface area contributed by atoms with Gasteiger partial charge in [-0.15, -0.1) is 0 Å². The number of allylic oxidation sites excluding steroid dienone is 1. The first kappa shape index (κ1) is 20.6. The van der Waals surface area contributed by atoms with Gasteiger partial charge in [0.25, 0.3) is 0 Å². The van der Waals surface area contributed by atoms with Crippen LogP contribution in [0.15, 0.2) is 11.6 Å². The molecule has 0 saturated heterocycles. The monoisotopic (exact) mass is 401 g/mol. The Bertz CT molecular complexity index is 773. The smallest absolute Gasteiger partial charge is 0.302 e. The van der Waals surface area contributed by atoms with E-state index in [1.165, 1.54) is 12.5 Å². The Morgan fingerprint density at radius 2 is 1.83 bits per heavy atom. The van der Waals surface area contributed by atoms with Crippen LogP contribution >= 0.6 is 0 Å². The molecule has 0 aromatic heterocycles. The summed E-state index contributed by atoms with van der Waals surface area (Å²) in [7, 11) is 0. The highest BCUT2D eigenvalue weighted by molar-refractivity contribution is 5.88. The van der Waals surface area contributed by atoms with Crippen molar-refractivity contribution in [1.29, 1.82) is 0 Å². The molecule has 160 valence electrons. The third-order valence-corrected chi connectivity index (χ3v) is 9.25. The molecule has 0 aromatic carbocycles. The summed E-state index contributed by atoms with van der Waals surface area (Å²) in [6.45, 7) is 7.76. The van der Waals surface area contributed by atoms with Crippen molar-refractivity contribution in [2.75, 3.05) is 0 Å². The van der Waals surface area contributed by atoms with E-state index in [0.29, 0.717) is 17.8 Å². The number of nitrogens with two attached hydrogens (primary N) is 1. The van der Waals surface area contributed by atoms with Crippen LogP contribution in [0.2, 0.25) is 0 Å². The van der Waals surface area contributed by atoms with E-state index in [4.69, 9.17) is 10.5 Å². The predicted octanol–water partition coefficient (Wildman–Crippen LogP) is 3.80. The molecule has 4 rings (SSSR count). The fraction of sp³-hybridized carbons (Fsp3) is 0.792. The van der Waals surface area contributed by atoms with Gasteiger partial charge < -0.3 is 10.5 Å². The molecule has 0 bridgehead atoms. The van der Waals surface area contributed by atoms with E-state index in [2.05, 4.69) is 19.9 Å². The molecule has 2 N–H and O–H groups in total. The molecule has 29 heavy (non-hydrogen) atoms. The number of carbonyl (C=O) groups is 3. The number of hydrogen-bond acceptors (Lipinski definition) is 4. The van der Waals surface area contributed by atoms with E-state index in [0.717, 1.165) is 44.9 Å². The highest BCUT2D eigenvalue weighted by Crippen LogP contribution is 2.67. The van der Waals surface area contributed by atoms with Crippen LogP contribution in [0.1, 0.15) is 72.6 Å². The fourth-order valence-electron chi connectivity index (χ4n) is 8.04. The second-order valence-electron chi connectivity index (χ2n) is 10.6. The van der Waals surface area contributed by atoms with Crippen LogP contribution in [0, 0.1) is 40.4 Å². The average molecular weight is 402 g/mol. The van der Waals surface area contributed by atoms with E-state index < -0.39 is 0 Å². The Balaban J connectivity index is 1.63. The minimum atomic E-state index is -0.320. The lowest BCUT2D eigenvalue weighted by molar-refractivity contribution is -0.149. The van der Waals surface area contributed by atoms with Crippen LogP contribution in [0.3, 0.4) is 0 Å². The van der Waals surface area contributed by atoms with Gasteiger partial charge in [-0.05, 0) is 74.0 Å². The SMILES string of the molecule is CC(=O)OC1CCC2(C)C(=CCC3C2CCC2(C)C3CC(C(N)=O)C2C(C)=O)C1. The van der Waals surface area contributed by atoms with Crippen molar-refractivity contribution in [3.8, 4) is 0 Å². The van der Waals surface area contributed by atoms with Crippen LogP contribution in [0.25, 0.3) is 0 Å². The normalized spacial score (nSPS) is 46.0. The number of ether oxygens (including phenoxy) is 1. The maximum atomic E-state index is 12.5. The van der Waals surface area contributed by atoms with E-state index in [-0.39, 0.29) is 46.4 Å². The van der Waals surface area contributed by atoms with Crippen molar-refractivity contribution >= 4 is 17.7 Å². The summed E-state index contributed by atoms with van der Waals surface area (Å²) < 4.78 is 5.52. The lowest BCUT2D eigenvalue weighted by Gasteiger charge is -2.58. The zero-order valence-corrected chi connectivity index (χ0v) is 18.2. The first-order chi connectivity index (χ1) is 13.6. The van der Waals surface area contributed by atoms with E-state index in [1.54, 1.807) is 6.92 Å². The number of Topliss-reactive ketones (excluding diaryl/α,β-unsaturated/α-hetero) is 1. The van der Waals surface area contributed by atoms with E-state index in [9.17, 15) is 14.4 Å².